The molecule has 0 aromatic heterocycles. The maximum Gasteiger partial charge on any atom is 0.216 e. The number of alkyl halides is 3. The predicted molar refractivity (Wildman–Crippen MR) is 124 cm³/mol. The van der Waals surface area contributed by atoms with Crippen LogP contribution in [0.4, 0.5) is 0 Å². The molecule has 0 unspecified atom stereocenters. The van der Waals surface area contributed by atoms with Gasteiger partial charge >= 0.3 is 0 Å². The molecule has 0 nitrogen and oxygen atoms in total. The molecule has 0 fully saturated rings. The van der Waals surface area contributed by atoms with Gasteiger partial charge in [-0.25, -0.2) is 0 Å². The monoisotopic (exact) mass is 452 g/mol. The van der Waals surface area contributed by atoms with Gasteiger partial charge in [-0.3, -0.25) is 0 Å². The summed E-state index contributed by atoms with van der Waals surface area (Å²) in [5.74, 6) is 1.92. The molecular weight excluding hydrogens is 435 g/mol. The van der Waals surface area contributed by atoms with Crippen LogP contribution in [0.25, 0.3) is 0 Å². The van der Waals surface area contributed by atoms with Crippen LogP contribution in [0, 0.1) is 0 Å². The molecular formula is C22H19Cl3S2. The minimum atomic E-state index is -1.39. The van der Waals surface area contributed by atoms with E-state index in [-0.39, 0.29) is 0 Å². The number of hydrogen-bond acceptors (Lipinski definition) is 2. The lowest BCUT2D eigenvalue weighted by Gasteiger charge is -2.19. The van der Waals surface area contributed by atoms with Crippen molar-refractivity contribution in [2.45, 2.75) is 19.9 Å². The van der Waals surface area contributed by atoms with Gasteiger partial charge in [0.05, 0.1) is 4.58 Å². The van der Waals surface area contributed by atoms with E-state index in [1.807, 2.05) is 47.8 Å². The number of rotatable bonds is 7. The number of benzene rings is 3. The summed E-state index contributed by atoms with van der Waals surface area (Å²) < 4.78 is -1.09. The quantitative estimate of drug-likeness (QED) is 0.260. The zero-order chi connectivity index (χ0) is 19.1. The molecule has 27 heavy (non-hydrogen) atoms. The second-order valence-corrected chi connectivity index (χ2v) is 10.8. The van der Waals surface area contributed by atoms with Crippen molar-refractivity contribution in [2.24, 2.45) is 0 Å². The van der Waals surface area contributed by atoms with Crippen molar-refractivity contribution in [1.82, 2.24) is 0 Å². The van der Waals surface area contributed by atoms with Crippen LogP contribution in [-0.2, 0) is 15.3 Å². The van der Waals surface area contributed by atoms with Crippen molar-refractivity contribution >= 4 is 58.3 Å². The zero-order valence-corrected chi connectivity index (χ0v) is 18.4. The molecule has 3 aromatic rings. The van der Waals surface area contributed by atoms with E-state index >= 15 is 0 Å². The fraction of sp³-hybridized carbons (Fsp3) is 0.182. The number of hydrogen-bond donors (Lipinski definition) is 0. The molecule has 3 rings (SSSR count). The molecule has 0 heterocycles. The van der Waals surface area contributed by atoms with Gasteiger partial charge < -0.3 is 0 Å². The van der Waals surface area contributed by atoms with Gasteiger partial charge in [-0.05, 0) is 16.7 Å². The average molecular weight is 454 g/mol. The van der Waals surface area contributed by atoms with E-state index < -0.39 is 3.79 Å². The third-order valence-corrected chi connectivity index (χ3v) is 7.62. The highest BCUT2D eigenvalue weighted by Gasteiger charge is 2.23. The maximum absolute atomic E-state index is 5.99. The van der Waals surface area contributed by atoms with Gasteiger partial charge in [0.2, 0.25) is 3.79 Å². The highest BCUT2D eigenvalue weighted by Crippen LogP contribution is 2.44. The van der Waals surface area contributed by atoms with Crippen LogP contribution in [0.1, 0.15) is 26.8 Å². The SMILES string of the molecule is ClC(Cl)(Cl)c1ccc(C(SCc2ccccc2)SCc2ccccc2)cc1. The van der Waals surface area contributed by atoms with Gasteiger partial charge in [-0.2, -0.15) is 0 Å². The smallest absolute Gasteiger partial charge is 0.138 e. The van der Waals surface area contributed by atoms with E-state index in [0.29, 0.717) is 10.1 Å². The van der Waals surface area contributed by atoms with Gasteiger partial charge in [-0.15, -0.1) is 23.5 Å². The maximum atomic E-state index is 5.99. The van der Waals surface area contributed by atoms with Gasteiger partial charge in [0.25, 0.3) is 0 Å². The largest absolute Gasteiger partial charge is 0.216 e. The molecule has 5 heteroatoms. The van der Waals surface area contributed by atoms with Crippen LogP contribution in [-0.4, -0.2) is 0 Å². The Hall–Kier alpha value is -0.770. The lowest BCUT2D eigenvalue weighted by molar-refractivity contribution is 1.22. The van der Waals surface area contributed by atoms with Gasteiger partial charge in [0.1, 0.15) is 0 Å². The molecule has 140 valence electrons. The van der Waals surface area contributed by atoms with E-state index in [9.17, 15) is 0 Å². The van der Waals surface area contributed by atoms with Crippen molar-refractivity contribution in [3.63, 3.8) is 0 Å². The number of halogens is 3. The summed E-state index contributed by atoms with van der Waals surface area (Å²) in [7, 11) is 0. The van der Waals surface area contributed by atoms with Crippen molar-refractivity contribution < 1.29 is 0 Å². The zero-order valence-electron chi connectivity index (χ0n) is 14.5. The van der Waals surface area contributed by atoms with Gasteiger partial charge in [0.15, 0.2) is 0 Å². The Balaban J connectivity index is 1.73. The Kier molecular flexibility index (Phi) is 7.86. The summed E-state index contributed by atoms with van der Waals surface area (Å²) in [6, 6.07) is 29.0. The second kappa shape index (κ2) is 10.1. The van der Waals surface area contributed by atoms with Crippen LogP contribution in [0.2, 0.25) is 0 Å². The normalized spacial score (nSPS) is 11.7. The molecule has 0 aliphatic rings. The van der Waals surface area contributed by atoms with Crippen LogP contribution < -0.4 is 0 Å². The molecule has 0 saturated heterocycles. The first-order valence-electron chi connectivity index (χ1n) is 8.50. The van der Waals surface area contributed by atoms with Crippen LogP contribution >= 0.6 is 58.3 Å². The first-order chi connectivity index (χ1) is 13.0. The van der Waals surface area contributed by atoms with E-state index in [1.165, 1.54) is 16.7 Å². The molecule has 0 N–H and O–H groups in total. The molecule has 0 aliphatic heterocycles. The molecule has 0 radical (unpaired) electrons. The molecule has 0 aliphatic carbocycles. The van der Waals surface area contributed by atoms with E-state index in [0.717, 1.165) is 11.5 Å². The first kappa shape index (κ1) is 21.0. The Morgan fingerprint density at radius 3 is 1.48 bits per heavy atom. The van der Waals surface area contributed by atoms with E-state index in [1.54, 1.807) is 0 Å². The van der Waals surface area contributed by atoms with Crippen LogP contribution in [0.15, 0.2) is 84.9 Å². The van der Waals surface area contributed by atoms with Crippen molar-refractivity contribution in [2.75, 3.05) is 0 Å². The third-order valence-electron chi connectivity index (χ3n) is 4.00. The van der Waals surface area contributed by atoms with Gasteiger partial charge in [-0.1, -0.05) is 120 Å². The van der Waals surface area contributed by atoms with Crippen LogP contribution in [0.3, 0.4) is 0 Å². The van der Waals surface area contributed by atoms with Gasteiger partial charge in [0, 0.05) is 17.1 Å². The van der Waals surface area contributed by atoms with E-state index in [2.05, 4.69) is 60.7 Å². The summed E-state index contributed by atoms with van der Waals surface area (Å²) in [5, 5.41) is 0. The summed E-state index contributed by atoms with van der Waals surface area (Å²) in [4.78, 5) is 0. The molecule has 0 spiro atoms. The Labute approximate surface area is 184 Å². The lowest BCUT2D eigenvalue weighted by atomic mass is 10.2. The first-order valence-corrected chi connectivity index (χ1v) is 11.7. The molecule has 0 saturated carbocycles. The Morgan fingerprint density at radius 1 is 0.630 bits per heavy atom. The Morgan fingerprint density at radius 2 is 1.07 bits per heavy atom. The summed E-state index contributed by atoms with van der Waals surface area (Å²) in [6.45, 7) is 0. The second-order valence-electron chi connectivity index (χ2n) is 6.04. The minimum Gasteiger partial charge on any atom is -0.138 e. The standard InChI is InChI=1S/C22H19Cl3S2/c23-22(24,25)20-13-11-19(12-14-20)21(26-15-17-7-3-1-4-8-17)27-16-18-9-5-2-6-10-18/h1-14,21H,15-16H2. The fourth-order valence-corrected chi connectivity index (χ4v) is 5.50. The molecule has 3 aromatic carbocycles. The van der Waals surface area contributed by atoms with Crippen LogP contribution in [0.5, 0.6) is 0 Å². The number of thioether (sulfide) groups is 2. The average Bonchev–Trinajstić information content (AvgIpc) is 2.69. The van der Waals surface area contributed by atoms with E-state index in [4.69, 9.17) is 34.8 Å². The highest BCUT2D eigenvalue weighted by molar-refractivity contribution is 8.15. The Bertz CT molecular complexity index is 772. The summed E-state index contributed by atoms with van der Waals surface area (Å²) in [6.07, 6.45) is 0. The summed E-state index contributed by atoms with van der Waals surface area (Å²) >= 11 is 21.8. The molecule has 0 atom stereocenters. The minimum absolute atomic E-state index is 0.301. The lowest BCUT2D eigenvalue weighted by Crippen LogP contribution is -2.00. The highest BCUT2D eigenvalue weighted by atomic mass is 35.6. The molecule has 0 amide bonds. The molecule has 0 bridgehead atoms. The topological polar surface area (TPSA) is 0 Å². The summed E-state index contributed by atoms with van der Waals surface area (Å²) in [5.41, 5.74) is 4.57. The third kappa shape index (κ3) is 6.66. The fourth-order valence-electron chi connectivity index (χ4n) is 2.56. The van der Waals surface area contributed by atoms with Crippen molar-refractivity contribution in [1.29, 1.82) is 0 Å². The predicted octanol–water partition coefficient (Wildman–Crippen LogP) is 8.38. The van der Waals surface area contributed by atoms with Crippen molar-refractivity contribution in [3.05, 3.63) is 107 Å². The van der Waals surface area contributed by atoms with Crippen molar-refractivity contribution in [3.8, 4) is 0 Å².